The van der Waals surface area contributed by atoms with Crippen molar-refractivity contribution in [3.05, 3.63) is 115 Å². The van der Waals surface area contributed by atoms with Gasteiger partial charge in [-0.05, 0) is 107 Å². The lowest BCUT2D eigenvalue weighted by atomic mass is 9.86. The summed E-state index contributed by atoms with van der Waals surface area (Å²) in [5, 5.41) is 16.3. The molecule has 0 atom stereocenters. The summed E-state index contributed by atoms with van der Waals surface area (Å²) in [5.41, 5.74) is 2.25. The molecule has 0 radical (unpaired) electrons. The van der Waals surface area contributed by atoms with E-state index in [4.69, 9.17) is 0 Å². The van der Waals surface area contributed by atoms with Crippen molar-refractivity contribution >= 4 is 77.1 Å². The van der Waals surface area contributed by atoms with Crippen molar-refractivity contribution in [2.75, 3.05) is 13.3 Å². The lowest BCUT2D eigenvalue weighted by Gasteiger charge is -2.17. The van der Waals surface area contributed by atoms with Gasteiger partial charge in [0.15, 0.2) is 0 Å². The van der Waals surface area contributed by atoms with Crippen molar-refractivity contribution in [3.63, 3.8) is 0 Å². The fourth-order valence-corrected chi connectivity index (χ4v) is 7.37. The van der Waals surface area contributed by atoms with Gasteiger partial charge in [-0.2, -0.15) is 0 Å². The largest absolute Gasteiger partial charge is 0.319 e. The maximum Gasteiger partial charge on any atom is 0.109 e. The lowest BCUT2D eigenvalue weighted by Crippen LogP contribution is -2.02. The molecule has 0 saturated carbocycles. The zero-order chi connectivity index (χ0) is 25.6. The summed E-state index contributed by atoms with van der Waals surface area (Å²) in [6.45, 7) is 3.69. The van der Waals surface area contributed by atoms with E-state index in [1.165, 1.54) is 64.6 Å². The van der Waals surface area contributed by atoms with Gasteiger partial charge in [0.2, 0.25) is 0 Å². The third-order valence-electron chi connectivity index (χ3n) is 8.23. The van der Waals surface area contributed by atoms with E-state index >= 15 is 0 Å². The van der Waals surface area contributed by atoms with E-state index in [9.17, 15) is 4.57 Å². The second-order valence-electron chi connectivity index (χ2n) is 10.9. The van der Waals surface area contributed by atoms with Gasteiger partial charge in [0, 0.05) is 5.30 Å². The zero-order valence-electron chi connectivity index (χ0n) is 21.3. The van der Waals surface area contributed by atoms with E-state index in [2.05, 4.69) is 103 Å². The van der Waals surface area contributed by atoms with Crippen LogP contribution in [-0.4, -0.2) is 13.3 Å². The first-order valence-corrected chi connectivity index (χ1v) is 15.7. The monoisotopic (exact) mass is 504 g/mol. The third-order valence-corrected chi connectivity index (χ3v) is 9.75. The van der Waals surface area contributed by atoms with Crippen LogP contribution in [0.25, 0.3) is 75.8 Å². The van der Waals surface area contributed by atoms with Gasteiger partial charge < -0.3 is 4.57 Å². The van der Waals surface area contributed by atoms with Crippen LogP contribution in [0.2, 0.25) is 0 Å². The Morgan fingerprint density at radius 1 is 0.421 bits per heavy atom. The van der Waals surface area contributed by atoms with Crippen LogP contribution in [0.1, 0.15) is 0 Å². The number of fused-ring (bicyclic) bond motifs is 2. The summed E-state index contributed by atoms with van der Waals surface area (Å²) in [4.78, 5) is 0. The molecule has 0 bridgehead atoms. The molecule has 0 aliphatic carbocycles. The van der Waals surface area contributed by atoms with Crippen LogP contribution in [-0.2, 0) is 4.57 Å². The van der Waals surface area contributed by atoms with Gasteiger partial charge in [-0.25, -0.2) is 0 Å². The maximum absolute atomic E-state index is 12.9. The molecule has 0 spiro atoms. The van der Waals surface area contributed by atoms with Gasteiger partial charge in [0.25, 0.3) is 0 Å². The third kappa shape index (κ3) is 3.03. The normalized spacial score (nSPS) is 12.6. The minimum absolute atomic E-state index is 0.916. The molecule has 38 heavy (non-hydrogen) atoms. The first-order valence-electron chi connectivity index (χ1n) is 13.1. The average molecular weight is 505 g/mol. The fraction of sp³-hybridized carbons (Fsp3) is 0.0556. The zero-order valence-corrected chi connectivity index (χ0v) is 22.2. The molecule has 1 nitrogen and oxygen atoms in total. The summed E-state index contributed by atoms with van der Waals surface area (Å²) in [7, 11) is -2.37. The van der Waals surface area contributed by atoms with Crippen LogP contribution in [0.3, 0.4) is 0 Å². The van der Waals surface area contributed by atoms with Crippen LogP contribution < -0.4 is 5.30 Å². The molecule has 180 valence electrons. The SMILES string of the molecule is CP(C)(=O)c1cccc(-c2cc3ccc4cccc5c6cccc7ccc8cccc(c(c2)c3c45)c8c76)c1. The molecule has 0 N–H and O–H groups in total. The Bertz CT molecular complexity index is 2280. The van der Waals surface area contributed by atoms with Crippen LogP contribution in [0.4, 0.5) is 0 Å². The Labute approximate surface area is 221 Å². The first kappa shape index (κ1) is 21.9. The summed E-state index contributed by atoms with van der Waals surface area (Å²) in [5.74, 6) is 0. The minimum atomic E-state index is -2.37. The van der Waals surface area contributed by atoms with Crippen LogP contribution in [0.5, 0.6) is 0 Å². The summed E-state index contributed by atoms with van der Waals surface area (Å²) in [6.07, 6.45) is 0. The summed E-state index contributed by atoms with van der Waals surface area (Å²) >= 11 is 0. The molecule has 0 unspecified atom stereocenters. The van der Waals surface area contributed by atoms with Crippen molar-refractivity contribution in [2.45, 2.75) is 0 Å². The molecule has 0 aliphatic rings. The molecule has 2 heteroatoms. The van der Waals surface area contributed by atoms with E-state index in [1.54, 1.807) is 0 Å². The van der Waals surface area contributed by atoms with Crippen molar-refractivity contribution < 1.29 is 4.57 Å². The van der Waals surface area contributed by atoms with Gasteiger partial charge in [-0.1, -0.05) is 97.1 Å². The first-order chi connectivity index (χ1) is 18.5. The summed E-state index contributed by atoms with van der Waals surface area (Å²) < 4.78 is 12.9. The molecule has 8 aromatic carbocycles. The predicted molar refractivity (Wildman–Crippen MR) is 167 cm³/mol. The van der Waals surface area contributed by atoms with Crippen molar-refractivity contribution in [1.29, 1.82) is 0 Å². The number of hydrogen-bond donors (Lipinski definition) is 0. The fourth-order valence-electron chi connectivity index (χ4n) is 6.47. The molecule has 0 heterocycles. The Morgan fingerprint density at radius 3 is 1.45 bits per heavy atom. The van der Waals surface area contributed by atoms with Crippen molar-refractivity contribution in [2.24, 2.45) is 0 Å². The highest BCUT2D eigenvalue weighted by molar-refractivity contribution is 7.70. The topological polar surface area (TPSA) is 17.1 Å². The van der Waals surface area contributed by atoms with Gasteiger partial charge in [-0.15, -0.1) is 0 Å². The van der Waals surface area contributed by atoms with Crippen molar-refractivity contribution in [1.82, 2.24) is 0 Å². The molecule has 0 aliphatic heterocycles. The van der Waals surface area contributed by atoms with Crippen LogP contribution >= 0.6 is 7.14 Å². The highest BCUT2D eigenvalue weighted by Gasteiger charge is 2.17. The molecular weight excluding hydrogens is 479 g/mol. The number of rotatable bonds is 2. The molecular formula is C36H25OP. The van der Waals surface area contributed by atoms with Crippen LogP contribution in [0.15, 0.2) is 115 Å². The summed E-state index contributed by atoms with van der Waals surface area (Å²) in [6, 6.07) is 42.0. The minimum Gasteiger partial charge on any atom is -0.319 e. The number of benzene rings is 7. The van der Waals surface area contributed by atoms with Crippen molar-refractivity contribution in [3.8, 4) is 11.1 Å². The molecule has 0 saturated heterocycles. The van der Waals surface area contributed by atoms with E-state index in [-0.39, 0.29) is 0 Å². The van der Waals surface area contributed by atoms with E-state index in [0.29, 0.717) is 0 Å². The molecule has 8 aromatic rings. The Balaban J connectivity index is 1.67. The van der Waals surface area contributed by atoms with E-state index < -0.39 is 7.14 Å². The van der Waals surface area contributed by atoms with Crippen LogP contribution in [0, 0.1) is 0 Å². The van der Waals surface area contributed by atoms with Gasteiger partial charge in [0.05, 0.1) is 0 Å². The highest BCUT2D eigenvalue weighted by atomic mass is 31.2. The Kier molecular flexibility index (Phi) is 4.41. The molecule has 0 fully saturated rings. The van der Waals surface area contributed by atoms with Gasteiger partial charge in [-0.3, -0.25) is 0 Å². The average Bonchev–Trinajstić information content (AvgIpc) is 2.94. The van der Waals surface area contributed by atoms with E-state index in [0.717, 1.165) is 16.4 Å². The molecule has 0 amide bonds. The smallest absolute Gasteiger partial charge is 0.109 e. The van der Waals surface area contributed by atoms with Gasteiger partial charge in [0.1, 0.15) is 7.14 Å². The second-order valence-corrected chi connectivity index (χ2v) is 14.1. The maximum atomic E-state index is 12.9. The standard InChI is InChI=1S/C36H25OP/c1-38(2,37)28-11-3-10-25(20-28)27-19-26-18-17-24-8-5-13-30-29-12-4-7-22-15-16-23-9-6-14-31(35(23)33(22)29)32(21-27)36(26)34(24)30/h3-21H,1-2H3. The molecule has 8 rings (SSSR count). The Hall–Kier alpha value is -4.19. The lowest BCUT2D eigenvalue weighted by molar-refractivity contribution is 0.588. The quantitative estimate of drug-likeness (QED) is 0.169. The predicted octanol–water partition coefficient (Wildman–Crippen LogP) is 9.96. The highest BCUT2D eigenvalue weighted by Crippen LogP contribution is 2.44. The molecule has 0 aromatic heterocycles. The number of hydrogen-bond acceptors (Lipinski definition) is 1. The van der Waals surface area contributed by atoms with Gasteiger partial charge >= 0.3 is 0 Å². The second kappa shape index (κ2) is 7.67. The Morgan fingerprint density at radius 2 is 0.895 bits per heavy atom. The van der Waals surface area contributed by atoms with E-state index in [1.807, 2.05) is 25.5 Å².